The van der Waals surface area contributed by atoms with E-state index in [1.807, 2.05) is 12.1 Å². The summed E-state index contributed by atoms with van der Waals surface area (Å²) in [6.07, 6.45) is 7.58. The van der Waals surface area contributed by atoms with E-state index in [9.17, 15) is 0 Å². The standard InChI is InChI=1S/C17H27ClN2O/c1-3-10-19-12-16-15(18)8-9-17(20-16)21-14-7-5-6-13(4-2)11-14/h8-9,13-14,19H,3-7,10-12H2,1-2H3. The summed E-state index contributed by atoms with van der Waals surface area (Å²) in [5.74, 6) is 1.52. The van der Waals surface area contributed by atoms with Crippen LogP contribution in [0.5, 0.6) is 5.88 Å². The molecule has 0 radical (unpaired) electrons. The molecule has 1 aliphatic carbocycles. The molecule has 0 amide bonds. The molecule has 1 aromatic heterocycles. The third-order valence-corrected chi connectivity index (χ3v) is 4.56. The largest absolute Gasteiger partial charge is 0.474 e. The minimum atomic E-state index is 0.314. The number of aromatic nitrogens is 1. The Morgan fingerprint density at radius 2 is 2.19 bits per heavy atom. The van der Waals surface area contributed by atoms with Crippen molar-refractivity contribution in [2.45, 2.75) is 65.0 Å². The van der Waals surface area contributed by atoms with E-state index in [0.29, 0.717) is 17.7 Å². The van der Waals surface area contributed by atoms with E-state index in [1.54, 1.807) is 0 Å². The number of nitrogens with one attached hydrogen (secondary N) is 1. The Hall–Kier alpha value is -0.800. The van der Waals surface area contributed by atoms with Crippen LogP contribution in [0, 0.1) is 5.92 Å². The Morgan fingerprint density at radius 3 is 2.95 bits per heavy atom. The van der Waals surface area contributed by atoms with Gasteiger partial charge in [0, 0.05) is 12.6 Å². The molecule has 3 nitrogen and oxygen atoms in total. The first kappa shape index (κ1) is 16.6. The Morgan fingerprint density at radius 1 is 1.33 bits per heavy atom. The van der Waals surface area contributed by atoms with Gasteiger partial charge in [0.15, 0.2) is 0 Å². The van der Waals surface area contributed by atoms with E-state index in [0.717, 1.165) is 43.3 Å². The Balaban J connectivity index is 1.94. The van der Waals surface area contributed by atoms with Crippen molar-refractivity contribution in [3.8, 4) is 5.88 Å². The molecule has 0 spiro atoms. The molecule has 1 heterocycles. The first-order chi connectivity index (χ1) is 10.2. The maximum absolute atomic E-state index is 6.21. The van der Waals surface area contributed by atoms with Crippen LogP contribution < -0.4 is 10.1 Å². The van der Waals surface area contributed by atoms with Crippen LogP contribution in [0.3, 0.4) is 0 Å². The average molecular weight is 311 g/mol. The molecule has 0 aromatic carbocycles. The van der Waals surface area contributed by atoms with Crippen molar-refractivity contribution in [1.82, 2.24) is 10.3 Å². The molecular weight excluding hydrogens is 284 g/mol. The normalized spacial score (nSPS) is 22.2. The molecule has 21 heavy (non-hydrogen) atoms. The molecule has 2 atom stereocenters. The predicted molar refractivity (Wildman–Crippen MR) is 87.9 cm³/mol. The van der Waals surface area contributed by atoms with Crippen LogP contribution in [-0.2, 0) is 6.54 Å². The Labute approximate surface area is 133 Å². The lowest BCUT2D eigenvalue weighted by Gasteiger charge is -2.28. The lowest BCUT2D eigenvalue weighted by Crippen LogP contribution is -2.25. The zero-order valence-electron chi connectivity index (χ0n) is 13.2. The first-order valence-corrected chi connectivity index (χ1v) is 8.63. The van der Waals surface area contributed by atoms with Crippen LogP contribution in [-0.4, -0.2) is 17.6 Å². The zero-order chi connectivity index (χ0) is 15.1. The maximum atomic E-state index is 6.21. The fourth-order valence-electron chi connectivity index (χ4n) is 2.93. The van der Waals surface area contributed by atoms with Crippen molar-refractivity contribution in [3.05, 3.63) is 22.8 Å². The maximum Gasteiger partial charge on any atom is 0.213 e. The fourth-order valence-corrected chi connectivity index (χ4v) is 3.10. The van der Waals surface area contributed by atoms with Crippen molar-refractivity contribution >= 4 is 11.6 Å². The third-order valence-electron chi connectivity index (χ3n) is 4.21. The third kappa shape index (κ3) is 5.15. The summed E-state index contributed by atoms with van der Waals surface area (Å²) >= 11 is 6.21. The number of pyridine rings is 1. The summed E-state index contributed by atoms with van der Waals surface area (Å²) in [6.45, 7) is 6.09. The molecule has 1 aromatic rings. The molecule has 0 bridgehead atoms. The highest BCUT2D eigenvalue weighted by atomic mass is 35.5. The highest BCUT2D eigenvalue weighted by molar-refractivity contribution is 6.31. The van der Waals surface area contributed by atoms with Crippen LogP contribution in [0.15, 0.2) is 12.1 Å². The van der Waals surface area contributed by atoms with E-state index in [1.165, 1.54) is 19.3 Å². The second-order valence-corrected chi connectivity index (χ2v) is 6.34. The van der Waals surface area contributed by atoms with E-state index in [-0.39, 0.29) is 0 Å². The smallest absolute Gasteiger partial charge is 0.213 e. The number of hydrogen-bond acceptors (Lipinski definition) is 3. The summed E-state index contributed by atoms with van der Waals surface area (Å²) in [5, 5.41) is 4.05. The Bertz CT molecular complexity index is 439. The molecule has 4 heteroatoms. The molecule has 0 aliphatic heterocycles. The van der Waals surface area contributed by atoms with E-state index in [4.69, 9.17) is 16.3 Å². The van der Waals surface area contributed by atoms with Gasteiger partial charge in [-0.05, 0) is 44.2 Å². The minimum Gasteiger partial charge on any atom is -0.474 e. The number of nitrogens with zero attached hydrogens (tertiary/aromatic N) is 1. The summed E-state index contributed by atoms with van der Waals surface area (Å²) in [5.41, 5.74) is 0.880. The van der Waals surface area contributed by atoms with Crippen LogP contribution in [0.1, 0.15) is 58.1 Å². The molecule has 1 N–H and O–H groups in total. The molecule has 1 saturated carbocycles. The van der Waals surface area contributed by atoms with Crippen LogP contribution in [0.2, 0.25) is 5.02 Å². The van der Waals surface area contributed by atoms with E-state index < -0.39 is 0 Å². The number of rotatable bonds is 7. The minimum absolute atomic E-state index is 0.314. The number of ether oxygens (including phenoxy) is 1. The van der Waals surface area contributed by atoms with Gasteiger partial charge in [-0.15, -0.1) is 0 Å². The van der Waals surface area contributed by atoms with Gasteiger partial charge < -0.3 is 10.1 Å². The van der Waals surface area contributed by atoms with Crippen LogP contribution >= 0.6 is 11.6 Å². The predicted octanol–water partition coefficient (Wildman–Crippen LogP) is 4.58. The van der Waals surface area contributed by atoms with Gasteiger partial charge in [-0.2, -0.15) is 0 Å². The van der Waals surface area contributed by atoms with Gasteiger partial charge in [0.1, 0.15) is 6.10 Å². The molecule has 1 aliphatic rings. The molecule has 2 unspecified atom stereocenters. The second-order valence-electron chi connectivity index (χ2n) is 5.94. The van der Waals surface area contributed by atoms with Crippen LogP contribution in [0.4, 0.5) is 0 Å². The molecule has 0 saturated heterocycles. The lowest BCUT2D eigenvalue weighted by atomic mass is 9.85. The molecule has 118 valence electrons. The Kier molecular flexibility index (Phi) is 6.78. The van der Waals surface area contributed by atoms with Crippen molar-refractivity contribution in [1.29, 1.82) is 0 Å². The van der Waals surface area contributed by atoms with E-state index in [2.05, 4.69) is 24.1 Å². The summed E-state index contributed by atoms with van der Waals surface area (Å²) in [7, 11) is 0. The molecule has 1 fully saturated rings. The van der Waals surface area contributed by atoms with Gasteiger partial charge in [-0.3, -0.25) is 0 Å². The van der Waals surface area contributed by atoms with Gasteiger partial charge in [0.2, 0.25) is 5.88 Å². The van der Waals surface area contributed by atoms with Crippen molar-refractivity contribution in [2.24, 2.45) is 5.92 Å². The number of hydrogen-bond donors (Lipinski definition) is 1. The van der Waals surface area contributed by atoms with E-state index >= 15 is 0 Å². The molecular formula is C17H27ClN2O. The quantitative estimate of drug-likeness (QED) is 0.748. The summed E-state index contributed by atoms with van der Waals surface area (Å²) in [4.78, 5) is 4.57. The van der Waals surface area contributed by atoms with Crippen molar-refractivity contribution < 1.29 is 4.74 Å². The van der Waals surface area contributed by atoms with Gasteiger partial charge in [0.25, 0.3) is 0 Å². The second kappa shape index (κ2) is 8.60. The topological polar surface area (TPSA) is 34.2 Å². The first-order valence-electron chi connectivity index (χ1n) is 8.25. The monoisotopic (exact) mass is 310 g/mol. The van der Waals surface area contributed by atoms with Gasteiger partial charge in [0.05, 0.1) is 10.7 Å². The van der Waals surface area contributed by atoms with Gasteiger partial charge in [-0.1, -0.05) is 38.3 Å². The highest BCUT2D eigenvalue weighted by Gasteiger charge is 2.22. The van der Waals surface area contributed by atoms with Crippen molar-refractivity contribution in [2.75, 3.05) is 6.54 Å². The zero-order valence-corrected chi connectivity index (χ0v) is 14.0. The summed E-state index contributed by atoms with van der Waals surface area (Å²) in [6, 6.07) is 3.79. The fraction of sp³-hybridized carbons (Fsp3) is 0.706. The molecule has 2 rings (SSSR count). The lowest BCUT2D eigenvalue weighted by molar-refractivity contribution is 0.117. The van der Waals surface area contributed by atoms with Gasteiger partial charge in [-0.25, -0.2) is 4.98 Å². The average Bonchev–Trinajstić information content (AvgIpc) is 2.51. The SMILES string of the molecule is CCCNCc1nc(OC2CCCC(CC)C2)ccc1Cl. The highest BCUT2D eigenvalue weighted by Crippen LogP contribution is 2.29. The van der Waals surface area contributed by atoms with Crippen molar-refractivity contribution in [3.63, 3.8) is 0 Å². The van der Waals surface area contributed by atoms with Gasteiger partial charge >= 0.3 is 0 Å². The van der Waals surface area contributed by atoms with Crippen LogP contribution in [0.25, 0.3) is 0 Å². The summed E-state index contributed by atoms with van der Waals surface area (Å²) < 4.78 is 6.09. The number of halogens is 1.